The number of rotatable bonds is 10. The molecule has 0 amide bonds. The van der Waals surface area contributed by atoms with Crippen molar-refractivity contribution in [1.29, 1.82) is 0 Å². The van der Waals surface area contributed by atoms with Gasteiger partial charge in [-0.3, -0.25) is 9.59 Å². The highest BCUT2D eigenvalue weighted by Gasteiger charge is 2.77. The number of ketones is 2. The van der Waals surface area contributed by atoms with Crippen LogP contribution in [0, 0.1) is 50.2 Å². The maximum atomic E-state index is 15.7. The second-order valence-electron chi connectivity index (χ2n) is 27.9. The molecule has 3 aliphatic heterocycles. The lowest BCUT2D eigenvalue weighted by molar-refractivity contribution is -0.261. The van der Waals surface area contributed by atoms with Gasteiger partial charge in [0.1, 0.15) is 11.9 Å². The summed E-state index contributed by atoms with van der Waals surface area (Å²) in [6.07, 6.45) is 20.4. The van der Waals surface area contributed by atoms with Gasteiger partial charge >= 0.3 is 0 Å². The van der Waals surface area contributed by atoms with Crippen LogP contribution in [0.3, 0.4) is 0 Å². The van der Waals surface area contributed by atoms with Gasteiger partial charge < -0.3 is 39.7 Å². The van der Waals surface area contributed by atoms with E-state index < -0.39 is 45.1 Å². The van der Waals surface area contributed by atoms with Crippen LogP contribution in [-0.2, 0) is 44.1 Å². The van der Waals surface area contributed by atoms with Crippen molar-refractivity contribution in [2.45, 2.75) is 219 Å². The van der Waals surface area contributed by atoms with Crippen LogP contribution in [0.2, 0.25) is 0 Å². The largest absolute Gasteiger partial charge is 0.392 e. The van der Waals surface area contributed by atoms with E-state index in [1.807, 2.05) is 20.9 Å². The first-order valence-electron chi connectivity index (χ1n) is 29.3. The zero-order valence-corrected chi connectivity index (χ0v) is 45.8. The number of Topliss-reactive ketones (excluding diaryl/α,β-unsaturated/α-hetero) is 2. The topological polar surface area (TPSA) is 149 Å². The van der Waals surface area contributed by atoms with Crippen molar-refractivity contribution in [3.8, 4) is 0 Å². The molecule has 0 radical (unpaired) electrons. The van der Waals surface area contributed by atoms with E-state index in [1.54, 1.807) is 0 Å². The van der Waals surface area contributed by atoms with Gasteiger partial charge in [-0.05, 0) is 164 Å². The lowest BCUT2D eigenvalue weighted by atomic mass is 9.30. The van der Waals surface area contributed by atoms with E-state index in [-0.39, 0.29) is 40.5 Å². The number of benzene rings is 1. The van der Waals surface area contributed by atoms with Gasteiger partial charge in [0.05, 0.1) is 34.4 Å². The number of ether oxygens (including phenoxy) is 2. The Hall–Kier alpha value is -3.12. The van der Waals surface area contributed by atoms with Crippen molar-refractivity contribution in [2.24, 2.45) is 50.2 Å². The Balaban J connectivity index is 1.02. The van der Waals surface area contributed by atoms with Crippen molar-refractivity contribution in [3.05, 3.63) is 69.6 Å². The quantitative estimate of drug-likeness (QED) is 0.126. The predicted molar refractivity (Wildman–Crippen MR) is 285 cm³/mol. The molecule has 1 aromatic carbocycles. The molecule has 1 spiro atoms. The third-order valence-corrected chi connectivity index (χ3v) is 23.8. The fourth-order valence-corrected chi connectivity index (χ4v) is 19.6. The summed E-state index contributed by atoms with van der Waals surface area (Å²) in [6, 6.07) is 7.03. The number of nitrogens with one attached hydrogen (secondary N) is 2. The molecule has 0 bridgehead atoms. The number of nitrogens with zero attached hydrogens (tertiary/aromatic N) is 1. The molecule has 2 aromatic heterocycles. The van der Waals surface area contributed by atoms with Gasteiger partial charge in [0.2, 0.25) is 0 Å². The number of carbonyl (C=O) groups is 2. The molecule has 2 saturated heterocycles. The Kier molecular flexibility index (Phi) is 12.1. The summed E-state index contributed by atoms with van der Waals surface area (Å²) in [7, 11) is 1.99. The number of aromatic amines is 1. The highest BCUT2D eigenvalue weighted by Crippen LogP contribution is 2.80. The summed E-state index contributed by atoms with van der Waals surface area (Å²) < 4.78 is 14.4. The van der Waals surface area contributed by atoms with Crippen LogP contribution in [0.5, 0.6) is 0 Å². The highest BCUT2D eigenvalue weighted by molar-refractivity contribution is 6.02. The van der Waals surface area contributed by atoms with Gasteiger partial charge in [0, 0.05) is 86.6 Å². The molecule has 6 aliphatic carbocycles. The Morgan fingerprint density at radius 1 is 0.890 bits per heavy atom. The monoisotopic (exact) mass is 1000 g/mol. The summed E-state index contributed by atoms with van der Waals surface area (Å²) >= 11 is 0. The van der Waals surface area contributed by atoms with E-state index >= 15 is 4.79 Å². The van der Waals surface area contributed by atoms with Crippen molar-refractivity contribution in [2.75, 3.05) is 26.8 Å². The smallest absolute Gasteiger partial charge is 0.160 e. The standard InChI is InChI=1S/C63H89N3O7/c1-56(2)55(73-56)46(68)32-57(3)20-16-40-35-65-51-42(29-38-28-41(39-14-10-9-11-15-39)31-43(30-38)63(71)23-26-72-27-24-63)36-66(52(40)51)37-44-49-50(57)45(67)33-60(49,6)59(5)21-17-47-58(4,22-25-64-8)48(69)34-62(18-12-13-19-62)61(47,7)54(59)53(44)70/h28,30-31,35-36,39,44,46-47,53-55,64-65,68,70-71H,9-27,29,32-34,37H2,1-8H3/t44-,46-,47+,53-,54+,55-,57+,58+,59+,60+,61-/m1/s1. The molecule has 11 atom stereocenters. The van der Waals surface area contributed by atoms with Crippen molar-refractivity contribution in [3.63, 3.8) is 0 Å². The molecular weight excluding hydrogens is 911 g/mol. The van der Waals surface area contributed by atoms with Crippen molar-refractivity contribution < 1.29 is 34.4 Å². The van der Waals surface area contributed by atoms with E-state index in [0.29, 0.717) is 76.4 Å². The average Bonchev–Trinajstić information content (AvgIpc) is 3.90. The number of epoxide rings is 1. The summed E-state index contributed by atoms with van der Waals surface area (Å²) in [5.74, 6) is 0.708. The average molecular weight is 1000 g/mol. The molecule has 12 rings (SSSR count). The number of aromatic nitrogens is 2. The molecule has 5 heterocycles. The Morgan fingerprint density at radius 2 is 1.62 bits per heavy atom. The van der Waals surface area contributed by atoms with E-state index in [0.717, 1.165) is 80.1 Å². The SMILES string of the molecule is CNCC[C@]1(C)C(=O)CC2(CCCC2)[C@@]2(C)[C@H]3[C@H](O)[C@@H]4Cn5cc(Cc6cc(C7CCCCC7)cc(C7(O)CCOCC7)c6)c6[nH]cc(c65)CC[C@@](C)(C[C@@H](O)[C@H]5OC5(C)C)C5=C4[C@](C)(CC5=O)[C@@]3(C)CC[C@H]21. The predicted octanol–water partition coefficient (Wildman–Crippen LogP) is 10.9. The van der Waals surface area contributed by atoms with Gasteiger partial charge in [-0.25, -0.2) is 0 Å². The minimum Gasteiger partial charge on any atom is -0.392 e. The number of fused-ring (bicyclic) bond motifs is 5. The number of hydrogen-bond donors (Lipinski definition) is 5. The molecule has 10 nitrogen and oxygen atoms in total. The fraction of sp³-hybridized carbons (Fsp3) is 0.746. The van der Waals surface area contributed by atoms with Gasteiger partial charge in [-0.15, -0.1) is 0 Å². The molecule has 7 fully saturated rings. The van der Waals surface area contributed by atoms with Gasteiger partial charge in [0.25, 0.3) is 0 Å². The zero-order valence-electron chi connectivity index (χ0n) is 45.8. The van der Waals surface area contributed by atoms with Crippen molar-refractivity contribution >= 4 is 22.6 Å². The molecule has 5 saturated carbocycles. The third kappa shape index (κ3) is 7.41. The van der Waals surface area contributed by atoms with E-state index in [2.05, 4.69) is 80.1 Å². The normalized spacial score (nSPS) is 39.1. The zero-order chi connectivity index (χ0) is 51.3. The maximum Gasteiger partial charge on any atom is 0.160 e. The summed E-state index contributed by atoms with van der Waals surface area (Å²) in [6.45, 7) is 18.4. The van der Waals surface area contributed by atoms with E-state index in [4.69, 9.17) is 9.47 Å². The molecule has 10 heteroatoms. The van der Waals surface area contributed by atoms with Crippen molar-refractivity contribution in [1.82, 2.24) is 14.9 Å². The number of aryl methyl sites for hydroxylation is 1. The van der Waals surface area contributed by atoms with Crippen LogP contribution >= 0.6 is 0 Å². The van der Waals surface area contributed by atoms with Crippen LogP contribution < -0.4 is 5.32 Å². The molecule has 73 heavy (non-hydrogen) atoms. The number of hydrogen-bond acceptors (Lipinski definition) is 8. The number of aliphatic hydroxyl groups excluding tert-OH is 2. The lowest BCUT2D eigenvalue weighted by Gasteiger charge is -2.74. The maximum absolute atomic E-state index is 15.7. The first kappa shape index (κ1) is 50.7. The second kappa shape index (κ2) is 17.4. The van der Waals surface area contributed by atoms with E-state index in [9.17, 15) is 20.1 Å². The summed E-state index contributed by atoms with van der Waals surface area (Å²) in [5.41, 5.74) is 6.28. The van der Waals surface area contributed by atoms with Gasteiger partial charge in [-0.2, -0.15) is 0 Å². The molecule has 5 N–H and O–H groups in total. The minimum absolute atomic E-state index is 0.114. The van der Waals surface area contributed by atoms with Crippen LogP contribution in [0.1, 0.15) is 198 Å². The van der Waals surface area contributed by atoms with E-state index in [1.165, 1.54) is 59.9 Å². The number of H-pyrrole nitrogens is 1. The fourth-order valence-electron chi connectivity index (χ4n) is 19.6. The second-order valence-corrected chi connectivity index (χ2v) is 27.9. The Morgan fingerprint density at radius 3 is 2.32 bits per heavy atom. The van der Waals surface area contributed by atoms with Crippen LogP contribution in [-0.4, -0.2) is 87.2 Å². The highest BCUT2D eigenvalue weighted by atomic mass is 16.6. The van der Waals surface area contributed by atoms with Gasteiger partial charge in [0.15, 0.2) is 5.78 Å². The molecule has 0 unspecified atom stereocenters. The number of aliphatic hydroxyl groups is 3. The number of carbonyl (C=O) groups excluding carboxylic acids is 2. The van der Waals surface area contributed by atoms with Crippen LogP contribution in [0.25, 0.3) is 11.0 Å². The van der Waals surface area contributed by atoms with Crippen LogP contribution in [0.15, 0.2) is 41.7 Å². The molecule has 3 aromatic rings. The third-order valence-electron chi connectivity index (χ3n) is 23.8. The molecule has 398 valence electrons. The molecular formula is C63H89N3O7. The van der Waals surface area contributed by atoms with Crippen LogP contribution in [0.4, 0.5) is 0 Å². The molecule has 9 aliphatic rings. The Labute approximate surface area is 435 Å². The summed E-state index contributed by atoms with van der Waals surface area (Å²) in [4.78, 5) is 34.4. The first-order chi connectivity index (χ1) is 34.7. The number of allylic oxidation sites excluding steroid dienone is 1. The minimum atomic E-state index is -0.917. The summed E-state index contributed by atoms with van der Waals surface area (Å²) in [5, 5.41) is 42.1. The lowest BCUT2D eigenvalue weighted by Crippen LogP contribution is -2.72. The first-order valence-corrected chi connectivity index (χ1v) is 29.3. The van der Waals surface area contributed by atoms with Gasteiger partial charge in [-0.1, -0.05) is 84.9 Å². The Bertz CT molecular complexity index is 2710.